The molecule has 1 unspecified atom stereocenters. The fraction of sp³-hybridized carbons (Fsp3) is 0.417. The monoisotopic (exact) mass is 272 g/mol. The van der Waals surface area contributed by atoms with Gasteiger partial charge in [0.1, 0.15) is 5.82 Å². The van der Waals surface area contributed by atoms with Crippen LogP contribution in [0.15, 0.2) is 18.2 Å². The lowest BCUT2D eigenvalue weighted by atomic mass is 10.2. The van der Waals surface area contributed by atoms with Gasteiger partial charge >= 0.3 is 6.03 Å². The van der Waals surface area contributed by atoms with Crippen LogP contribution < -0.4 is 10.6 Å². The van der Waals surface area contributed by atoms with Gasteiger partial charge in [0.25, 0.3) is 0 Å². The molecule has 2 amide bonds. The van der Waals surface area contributed by atoms with Gasteiger partial charge in [-0.25, -0.2) is 9.18 Å². The third-order valence-corrected chi connectivity index (χ3v) is 2.98. The van der Waals surface area contributed by atoms with E-state index in [0.29, 0.717) is 12.2 Å². The van der Waals surface area contributed by atoms with Crippen LogP contribution in [-0.4, -0.2) is 25.3 Å². The number of rotatable bonds is 3. The van der Waals surface area contributed by atoms with Crippen LogP contribution in [0, 0.1) is 5.82 Å². The molecule has 1 heterocycles. The van der Waals surface area contributed by atoms with Crippen molar-refractivity contribution in [2.24, 2.45) is 0 Å². The molecule has 0 spiro atoms. The van der Waals surface area contributed by atoms with Gasteiger partial charge in [-0.15, -0.1) is 0 Å². The maximum Gasteiger partial charge on any atom is 0.319 e. The highest BCUT2D eigenvalue weighted by molar-refractivity contribution is 6.31. The molecule has 1 fully saturated rings. The van der Waals surface area contributed by atoms with E-state index in [1.807, 2.05) is 0 Å². The summed E-state index contributed by atoms with van der Waals surface area (Å²) in [5, 5.41) is 5.25. The number of ether oxygens (including phenoxy) is 1. The van der Waals surface area contributed by atoms with E-state index < -0.39 is 5.82 Å². The minimum Gasteiger partial charge on any atom is -0.376 e. The molecule has 0 aliphatic carbocycles. The second kappa shape index (κ2) is 6.02. The first kappa shape index (κ1) is 13.1. The number of anilines is 1. The fourth-order valence-electron chi connectivity index (χ4n) is 1.76. The summed E-state index contributed by atoms with van der Waals surface area (Å²) >= 11 is 5.61. The highest BCUT2D eigenvalue weighted by Crippen LogP contribution is 2.19. The van der Waals surface area contributed by atoms with Crippen molar-refractivity contribution in [1.29, 1.82) is 0 Å². The Balaban J connectivity index is 1.80. The molecule has 1 aliphatic rings. The summed E-state index contributed by atoms with van der Waals surface area (Å²) in [7, 11) is 0. The summed E-state index contributed by atoms with van der Waals surface area (Å²) in [6, 6.07) is 3.67. The fourth-order valence-corrected chi connectivity index (χ4v) is 1.94. The van der Waals surface area contributed by atoms with Gasteiger partial charge in [0.15, 0.2) is 0 Å². The highest BCUT2D eigenvalue weighted by Gasteiger charge is 2.16. The molecule has 2 N–H and O–H groups in total. The predicted molar refractivity (Wildman–Crippen MR) is 67.4 cm³/mol. The Bertz CT molecular complexity index is 436. The molecule has 98 valence electrons. The highest BCUT2D eigenvalue weighted by atomic mass is 35.5. The van der Waals surface area contributed by atoms with Gasteiger partial charge in [0.05, 0.1) is 11.1 Å². The topological polar surface area (TPSA) is 50.4 Å². The SMILES string of the molecule is O=C(NCC1CCCO1)Nc1ccc(F)c(Cl)c1. The number of amides is 2. The molecule has 0 saturated carbocycles. The number of benzene rings is 1. The molecular weight excluding hydrogens is 259 g/mol. The zero-order valence-electron chi connectivity index (χ0n) is 9.71. The van der Waals surface area contributed by atoms with E-state index >= 15 is 0 Å². The van der Waals surface area contributed by atoms with Gasteiger partial charge in [-0.05, 0) is 31.0 Å². The van der Waals surface area contributed by atoms with Crippen LogP contribution in [0.1, 0.15) is 12.8 Å². The van der Waals surface area contributed by atoms with Gasteiger partial charge in [0, 0.05) is 18.8 Å². The Labute approximate surface area is 109 Å². The molecule has 0 aromatic heterocycles. The summed E-state index contributed by atoms with van der Waals surface area (Å²) in [4.78, 5) is 11.6. The second-order valence-electron chi connectivity index (χ2n) is 4.10. The van der Waals surface area contributed by atoms with Gasteiger partial charge in [0.2, 0.25) is 0 Å². The number of hydrogen-bond donors (Lipinski definition) is 2. The zero-order valence-corrected chi connectivity index (χ0v) is 10.5. The largest absolute Gasteiger partial charge is 0.376 e. The van der Waals surface area contributed by atoms with E-state index in [-0.39, 0.29) is 17.2 Å². The first-order valence-corrected chi connectivity index (χ1v) is 6.14. The molecule has 1 saturated heterocycles. The summed E-state index contributed by atoms with van der Waals surface area (Å²) in [5.41, 5.74) is 0.450. The molecular formula is C12H14ClFN2O2. The molecule has 18 heavy (non-hydrogen) atoms. The first-order valence-electron chi connectivity index (χ1n) is 5.76. The second-order valence-corrected chi connectivity index (χ2v) is 4.51. The normalized spacial score (nSPS) is 18.7. The van der Waals surface area contributed by atoms with Crippen LogP contribution in [0.25, 0.3) is 0 Å². The van der Waals surface area contributed by atoms with Crippen molar-refractivity contribution in [3.63, 3.8) is 0 Å². The molecule has 6 heteroatoms. The number of hydrogen-bond acceptors (Lipinski definition) is 2. The van der Waals surface area contributed by atoms with Crippen LogP contribution in [0.3, 0.4) is 0 Å². The van der Waals surface area contributed by atoms with Crippen LogP contribution >= 0.6 is 11.6 Å². The molecule has 4 nitrogen and oxygen atoms in total. The van der Waals surface area contributed by atoms with E-state index in [2.05, 4.69) is 10.6 Å². The third-order valence-electron chi connectivity index (χ3n) is 2.69. The Morgan fingerprint density at radius 3 is 3.06 bits per heavy atom. The van der Waals surface area contributed by atoms with E-state index in [4.69, 9.17) is 16.3 Å². The van der Waals surface area contributed by atoms with Crippen molar-refractivity contribution in [2.75, 3.05) is 18.5 Å². The Hall–Kier alpha value is -1.33. The maximum atomic E-state index is 12.9. The molecule has 0 bridgehead atoms. The number of nitrogens with one attached hydrogen (secondary N) is 2. The van der Waals surface area contributed by atoms with Crippen LogP contribution in [0.5, 0.6) is 0 Å². The number of carbonyl (C=O) groups is 1. The first-order chi connectivity index (χ1) is 8.65. The van der Waals surface area contributed by atoms with E-state index in [1.54, 1.807) is 0 Å². The Kier molecular flexibility index (Phi) is 4.38. The molecule has 1 aromatic carbocycles. The number of carbonyl (C=O) groups excluding carboxylic acids is 1. The molecule has 0 radical (unpaired) electrons. The lowest BCUT2D eigenvalue weighted by Crippen LogP contribution is -2.35. The molecule has 1 aromatic rings. The molecule has 2 rings (SSSR count). The van der Waals surface area contributed by atoms with Crippen molar-refractivity contribution in [1.82, 2.24) is 5.32 Å². The van der Waals surface area contributed by atoms with Crippen molar-refractivity contribution in [2.45, 2.75) is 18.9 Å². The standard InChI is InChI=1S/C12H14ClFN2O2/c13-10-6-8(3-4-11(10)14)16-12(17)15-7-9-2-1-5-18-9/h3-4,6,9H,1-2,5,7H2,(H2,15,16,17). The molecule has 1 aliphatic heterocycles. The summed E-state index contributed by atoms with van der Waals surface area (Å²) in [6.07, 6.45) is 2.08. The van der Waals surface area contributed by atoms with Crippen LogP contribution in [-0.2, 0) is 4.74 Å². The average Bonchev–Trinajstić information content (AvgIpc) is 2.84. The van der Waals surface area contributed by atoms with E-state index in [9.17, 15) is 9.18 Å². The smallest absolute Gasteiger partial charge is 0.319 e. The predicted octanol–water partition coefficient (Wildman–Crippen LogP) is 2.78. The summed E-state index contributed by atoms with van der Waals surface area (Å²) in [5.74, 6) is -0.512. The third kappa shape index (κ3) is 3.58. The number of halogens is 2. The average molecular weight is 273 g/mol. The minimum atomic E-state index is -0.512. The lowest BCUT2D eigenvalue weighted by molar-refractivity contribution is 0.112. The van der Waals surface area contributed by atoms with E-state index in [0.717, 1.165) is 19.4 Å². The van der Waals surface area contributed by atoms with Crippen molar-refractivity contribution >= 4 is 23.3 Å². The van der Waals surface area contributed by atoms with Crippen LogP contribution in [0.4, 0.5) is 14.9 Å². The van der Waals surface area contributed by atoms with Crippen LogP contribution in [0.2, 0.25) is 5.02 Å². The maximum absolute atomic E-state index is 12.9. The zero-order chi connectivity index (χ0) is 13.0. The lowest BCUT2D eigenvalue weighted by Gasteiger charge is -2.11. The summed E-state index contributed by atoms with van der Waals surface area (Å²) < 4.78 is 18.3. The van der Waals surface area contributed by atoms with Gasteiger partial charge < -0.3 is 15.4 Å². The minimum absolute atomic E-state index is 0.0214. The van der Waals surface area contributed by atoms with Crippen molar-refractivity contribution < 1.29 is 13.9 Å². The quantitative estimate of drug-likeness (QED) is 0.889. The van der Waals surface area contributed by atoms with E-state index in [1.165, 1.54) is 18.2 Å². The van der Waals surface area contributed by atoms with Crippen molar-refractivity contribution in [3.8, 4) is 0 Å². The van der Waals surface area contributed by atoms with Crippen molar-refractivity contribution in [3.05, 3.63) is 29.0 Å². The molecule has 1 atom stereocenters. The summed E-state index contributed by atoms with van der Waals surface area (Å²) in [6.45, 7) is 1.22. The van der Waals surface area contributed by atoms with Gasteiger partial charge in [-0.3, -0.25) is 0 Å². The van der Waals surface area contributed by atoms with Gasteiger partial charge in [-0.2, -0.15) is 0 Å². The Morgan fingerprint density at radius 2 is 2.39 bits per heavy atom. The van der Waals surface area contributed by atoms with Gasteiger partial charge in [-0.1, -0.05) is 11.6 Å². The number of urea groups is 1. The Morgan fingerprint density at radius 1 is 1.56 bits per heavy atom.